The quantitative estimate of drug-likeness (QED) is 0.811. The monoisotopic (exact) mass is 212 g/mol. The van der Waals surface area contributed by atoms with Crippen molar-refractivity contribution >= 4 is 11.3 Å². The molecule has 0 aromatic carbocycles. The number of thiazole rings is 1. The second kappa shape index (κ2) is 3.96. The van der Waals surface area contributed by atoms with Gasteiger partial charge in [-0.25, -0.2) is 4.98 Å². The van der Waals surface area contributed by atoms with Crippen LogP contribution in [0.4, 0.5) is 0 Å². The number of rotatable bonds is 2. The standard InChI is InChI=1S/C10H16N2OS/c1-10(3-2-4-13-7-10)9-12-6-8(5-11)14-9/h6H,2-5,7,11H2,1H3. The van der Waals surface area contributed by atoms with E-state index in [1.165, 1.54) is 11.4 Å². The van der Waals surface area contributed by atoms with E-state index >= 15 is 0 Å². The maximum absolute atomic E-state index is 5.57. The molecule has 1 unspecified atom stereocenters. The van der Waals surface area contributed by atoms with Gasteiger partial charge in [0.05, 0.1) is 6.61 Å². The van der Waals surface area contributed by atoms with Crippen LogP contribution in [0.2, 0.25) is 0 Å². The van der Waals surface area contributed by atoms with E-state index in [1.54, 1.807) is 11.3 Å². The average molecular weight is 212 g/mol. The number of ether oxygens (including phenoxy) is 1. The second-order valence-corrected chi connectivity index (χ2v) is 5.17. The first-order valence-corrected chi connectivity index (χ1v) is 5.79. The number of nitrogens with two attached hydrogens (primary N) is 1. The Kier molecular flexibility index (Phi) is 2.85. The summed E-state index contributed by atoms with van der Waals surface area (Å²) in [6.07, 6.45) is 4.19. The summed E-state index contributed by atoms with van der Waals surface area (Å²) in [5, 5.41) is 1.18. The van der Waals surface area contributed by atoms with E-state index in [4.69, 9.17) is 10.5 Å². The van der Waals surface area contributed by atoms with Crippen molar-refractivity contribution < 1.29 is 4.74 Å². The van der Waals surface area contributed by atoms with Gasteiger partial charge in [-0.15, -0.1) is 11.3 Å². The van der Waals surface area contributed by atoms with Crippen molar-refractivity contribution in [2.24, 2.45) is 5.73 Å². The molecule has 2 N–H and O–H groups in total. The molecule has 78 valence electrons. The van der Waals surface area contributed by atoms with Gasteiger partial charge in [0.2, 0.25) is 0 Å². The summed E-state index contributed by atoms with van der Waals surface area (Å²) in [4.78, 5) is 5.60. The first kappa shape index (κ1) is 10.1. The summed E-state index contributed by atoms with van der Waals surface area (Å²) in [5.74, 6) is 0. The molecular weight excluding hydrogens is 196 g/mol. The molecule has 2 heterocycles. The molecule has 1 fully saturated rings. The van der Waals surface area contributed by atoms with Crippen LogP contribution in [0.25, 0.3) is 0 Å². The van der Waals surface area contributed by atoms with E-state index in [0.717, 1.165) is 24.5 Å². The zero-order valence-electron chi connectivity index (χ0n) is 8.45. The van der Waals surface area contributed by atoms with Gasteiger partial charge in [-0.2, -0.15) is 0 Å². The van der Waals surface area contributed by atoms with E-state index in [2.05, 4.69) is 11.9 Å². The molecule has 0 saturated carbocycles. The Labute approximate surface area is 88.3 Å². The molecule has 0 amide bonds. The van der Waals surface area contributed by atoms with Crippen LogP contribution in [0, 0.1) is 0 Å². The maximum Gasteiger partial charge on any atom is 0.101 e. The fourth-order valence-corrected chi connectivity index (χ4v) is 2.73. The molecule has 1 aromatic heterocycles. The third-order valence-corrected chi connectivity index (χ3v) is 4.03. The summed E-state index contributed by atoms with van der Waals surface area (Å²) in [7, 11) is 0. The van der Waals surface area contributed by atoms with Gasteiger partial charge in [0, 0.05) is 29.6 Å². The Morgan fingerprint density at radius 1 is 1.71 bits per heavy atom. The van der Waals surface area contributed by atoms with Crippen molar-refractivity contribution in [2.45, 2.75) is 31.7 Å². The van der Waals surface area contributed by atoms with Crippen LogP contribution >= 0.6 is 11.3 Å². The van der Waals surface area contributed by atoms with E-state index in [0.29, 0.717) is 6.54 Å². The topological polar surface area (TPSA) is 48.1 Å². The molecule has 1 aliphatic rings. The molecule has 2 rings (SSSR count). The van der Waals surface area contributed by atoms with Crippen LogP contribution in [0.3, 0.4) is 0 Å². The van der Waals surface area contributed by atoms with Gasteiger partial charge >= 0.3 is 0 Å². The van der Waals surface area contributed by atoms with Crippen LogP contribution in [0.15, 0.2) is 6.20 Å². The maximum atomic E-state index is 5.57. The normalized spacial score (nSPS) is 27.9. The molecule has 0 radical (unpaired) electrons. The highest BCUT2D eigenvalue weighted by molar-refractivity contribution is 7.11. The zero-order chi connectivity index (χ0) is 10.0. The van der Waals surface area contributed by atoms with Crippen molar-refractivity contribution in [1.29, 1.82) is 0 Å². The third kappa shape index (κ3) is 1.82. The van der Waals surface area contributed by atoms with Gasteiger partial charge in [-0.1, -0.05) is 6.92 Å². The summed E-state index contributed by atoms with van der Waals surface area (Å²) < 4.78 is 5.52. The van der Waals surface area contributed by atoms with Gasteiger partial charge < -0.3 is 10.5 Å². The Morgan fingerprint density at radius 2 is 2.57 bits per heavy atom. The van der Waals surface area contributed by atoms with E-state index in [1.807, 2.05) is 6.20 Å². The van der Waals surface area contributed by atoms with Crippen molar-refractivity contribution in [3.63, 3.8) is 0 Å². The molecule has 1 aromatic rings. The average Bonchev–Trinajstić information content (AvgIpc) is 2.67. The van der Waals surface area contributed by atoms with Gasteiger partial charge in [0.1, 0.15) is 5.01 Å². The number of nitrogens with zero attached hydrogens (tertiary/aromatic N) is 1. The summed E-state index contributed by atoms with van der Waals surface area (Å²) >= 11 is 1.72. The van der Waals surface area contributed by atoms with Gasteiger partial charge in [0.15, 0.2) is 0 Å². The smallest absolute Gasteiger partial charge is 0.101 e. The lowest BCUT2D eigenvalue weighted by molar-refractivity contribution is 0.0418. The van der Waals surface area contributed by atoms with Crippen LogP contribution in [-0.2, 0) is 16.7 Å². The van der Waals surface area contributed by atoms with Crippen LogP contribution in [0.5, 0.6) is 0 Å². The van der Waals surface area contributed by atoms with Crippen molar-refractivity contribution in [3.05, 3.63) is 16.1 Å². The largest absolute Gasteiger partial charge is 0.380 e. The lowest BCUT2D eigenvalue weighted by Gasteiger charge is -2.31. The minimum absolute atomic E-state index is 0.121. The Hall–Kier alpha value is -0.450. The SMILES string of the molecule is CC1(c2ncc(CN)s2)CCCOC1. The highest BCUT2D eigenvalue weighted by Gasteiger charge is 2.32. The second-order valence-electron chi connectivity index (χ2n) is 4.05. The highest BCUT2D eigenvalue weighted by Crippen LogP contribution is 2.34. The molecule has 3 nitrogen and oxygen atoms in total. The van der Waals surface area contributed by atoms with Crippen molar-refractivity contribution in [2.75, 3.05) is 13.2 Å². The fraction of sp³-hybridized carbons (Fsp3) is 0.700. The summed E-state index contributed by atoms with van der Waals surface area (Å²) in [6.45, 7) is 4.51. The first-order chi connectivity index (χ1) is 6.74. The molecule has 1 aliphatic heterocycles. The molecule has 14 heavy (non-hydrogen) atoms. The van der Waals surface area contributed by atoms with Gasteiger partial charge in [-0.3, -0.25) is 0 Å². The molecule has 1 atom stereocenters. The Bertz CT molecular complexity index is 305. The molecule has 0 spiro atoms. The molecule has 0 aliphatic carbocycles. The lowest BCUT2D eigenvalue weighted by Crippen LogP contribution is -2.32. The number of hydrogen-bond acceptors (Lipinski definition) is 4. The first-order valence-electron chi connectivity index (χ1n) is 4.97. The Morgan fingerprint density at radius 3 is 3.14 bits per heavy atom. The predicted octanol–water partition coefficient (Wildman–Crippen LogP) is 1.67. The molecule has 0 bridgehead atoms. The van der Waals surface area contributed by atoms with E-state index in [-0.39, 0.29) is 5.41 Å². The minimum Gasteiger partial charge on any atom is -0.380 e. The summed E-state index contributed by atoms with van der Waals surface area (Å²) in [6, 6.07) is 0. The fourth-order valence-electron chi connectivity index (χ4n) is 1.78. The van der Waals surface area contributed by atoms with Gasteiger partial charge in [-0.05, 0) is 12.8 Å². The third-order valence-electron chi connectivity index (χ3n) is 2.71. The lowest BCUT2D eigenvalue weighted by atomic mass is 9.85. The predicted molar refractivity (Wildman–Crippen MR) is 57.4 cm³/mol. The van der Waals surface area contributed by atoms with Crippen molar-refractivity contribution in [1.82, 2.24) is 4.98 Å². The van der Waals surface area contributed by atoms with Crippen molar-refractivity contribution in [3.8, 4) is 0 Å². The van der Waals surface area contributed by atoms with Crippen LogP contribution in [0.1, 0.15) is 29.7 Å². The van der Waals surface area contributed by atoms with E-state index in [9.17, 15) is 0 Å². The summed E-state index contributed by atoms with van der Waals surface area (Å²) in [5.41, 5.74) is 5.70. The minimum atomic E-state index is 0.121. The van der Waals surface area contributed by atoms with Crippen LogP contribution in [-0.4, -0.2) is 18.2 Å². The van der Waals surface area contributed by atoms with E-state index < -0.39 is 0 Å². The Balaban J connectivity index is 2.19. The number of aromatic nitrogens is 1. The zero-order valence-corrected chi connectivity index (χ0v) is 9.27. The molecular formula is C10H16N2OS. The molecule has 4 heteroatoms. The van der Waals surface area contributed by atoms with Crippen LogP contribution < -0.4 is 5.73 Å². The highest BCUT2D eigenvalue weighted by atomic mass is 32.1. The molecule has 1 saturated heterocycles. The van der Waals surface area contributed by atoms with Gasteiger partial charge in [0.25, 0.3) is 0 Å². The number of hydrogen-bond donors (Lipinski definition) is 1.